The lowest BCUT2D eigenvalue weighted by Crippen LogP contribution is -2.67. The quantitative estimate of drug-likeness (QED) is 0.289. The number of pyridine rings is 1. The van der Waals surface area contributed by atoms with Crippen LogP contribution in [0.2, 0.25) is 0 Å². The third-order valence-electron chi connectivity index (χ3n) is 17.1. The van der Waals surface area contributed by atoms with E-state index in [0.29, 0.717) is 70.7 Å². The van der Waals surface area contributed by atoms with Gasteiger partial charge in [0.2, 0.25) is 5.88 Å². The number of fused-ring (bicyclic) bond motifs is 7. The van der Waals surface area contributed by atoms with Crippen LogP contribution in [-0.4, -0.2) is 68.1 Å². The Labute approximate surface area is 314 Å². The molecule has 1 aliphatic heterocycles. The van der Waals surface area contributed by atoms with Gasteiger partial charge in [-0.3, -0.25) is 0 Å². The van der Waals surface area contributed by atoms with Crippen LogP contribution in [0.15, 0.2) is 41.6 Å². The highest BCUT2D eigenvalue weighted by atomic mass is 32.2. The predicted octanol–water partition coefficient (Wildman–Crippen LogP) is 8.13. The molecule has 1 aromatic heterocycles. The second-order valence-corrected chi connectivity index (χ2v) is 21.4. The van der Waals surface area contributed by atoms with Crippen LogP contribution in [0.3, 0.4) is 0 Å². The number of rotatable bonds is 8. The molecule has 1 saturated heterocycles. The standard InChI is InChI=1S/C44H64N4O3S/c1-31-35(33-11-9-32(10-12-33)30-51-40-34(29-45)7-6-22-46-40)15-18-41(2)36(31)16-19-43(4)39(41)14-13-37-38-8-5-17-44(38,21-20-42(37,43)3)47-23-24-48-25-27-52(49,50)28-26-48/h6-7,11,15,22,31-32,36-39,47H,5,8-10,12-14,16-21,23-28,30H2,1-4H3/t31?,32-,36?,37+,38+,39?,41-,42+,43+,44-/m0/s1. The summed E-state index contributed by atoms with van der Waals surface area (Å²) in [6.45, 7) is 14.8. The van der Waals surface area contributed by atoms with E-state index in [0.717, 1.165) is 56.0 Å². The van der Waals surface area contributed by atoms with Crippen molar-refractivity contribution in [2.24, 2.45) is 51.8 Å². The highest BCUT2D eigenvalue weighted by molar-refractivity contribution is 7.91. The molecule has 6 aliphatic carbocycles. The molecule has 0 spiro atoms. The molecule has 0 amide bonds. The first kappa shape index (κ1) is 36.8. The fourth-order valence-electron chi connectivity index (χ4n) is 14.1. The van der Waals surface area contributed by atoms with Gasteiger partial charge in [0.05, 0.1) is 18.1 Å². The van der Waals surface area contributed by atoms with Crippen LogP contribution in [-0.2, 0) is 9.84 Å². The van der Waals surface area contributed by atoms with Gasteiger partial charge >= 0.3 is 0 Å². The maximum absolute atomic E-state index is 12.0. The number of sulfone groups is 1. The lowest BCUT2D eigenvalue weighted by molar-refractivity contribution is -0.212. The third-order valence-corrected chi connectivity index (χ3v) is 18.7. The summed E-state index contributed by atoms with van der Waals surface area (Å²) >= 11 is 0. The molecule has 0 aromatic carbocycles. The zero-order valence-electron chi connectivity index (χ0n) is 32.5. The summed E-state index contributed by atoms with van der Waals surface area (Å²) in [4.78, 5) is 6.66. The average Bonchev–Trinajstić information content (AvgIpc) is 3.56. The Morgan fingerprint density at radius 2 is 1.81 bits per heavy atom. The molecule has 8 rings (SSSR count). The van der Waals surface area contributed by atoms with Gasteiger partial charge in [0.15, 0.2) is 9.84 Å². The summed E-state index contributed by atoms with van der Waals surface area (Å²) in [6, 6.07) is 5.77. The molecule has 0 bridgehead atoms. The van der Waals surface area contributed by atoms with Crippen molar-refractivity contribution in [3.05, 3.63) is 47.2 Å². The van der Waals surface area contributed by atoms with Crippen LogP contribution in [0.25, 0.3) is 0 Å². The summed E-state index contributed by atoms with van der Waals surface area (Å²) in [7, 11) is -2.83. The molecular weight excluding hydrogens is 665 g/mol. The fraction of sp³-hybridized carbons (Fsp3) is 0.773. The normalized spacial score (nSPS) is 42.8. The number of nitrogens with zero attached hydrogens (tertiary/aromatic N) is 3. The first-order valence-electron chi connectivity index (χ1n) is 21.0. The monoisotopic (exact) mass is 728 g/mol. The number of nitriles is 1. The lowest BCUT2D eigenvalue weighted by atomic mass is 9.34. The van der Waals surface area contributed by atoms with Gasteiger partial charge in [-0.1, -0.05) is 46.3 Å². The summed E-state index contributed by atoms with van der Waals surface area (Å²) < 4.78 is 30.0. The molecule has 0 radical (unpaired) electrons. The van der Waals surface area contributed by atoms with Crippen LogP contribution in [0.4, 0.5) is 0 Å². The predicted molar refractivity (Wildman–Crippen MR) is 207 cm³/mol. The molecule has 7 aliphatic rings. The van der Waals surface area contributed by atoms with E-state index in [1.165, 1.54) is 64.2 Å². The van der Waals surface area contributed by atoms with Gasteiger partial charge in [-0.2, -0.15) is 5.26 Å². The molecule has 10 atom stereocenters. The maximum atomic E-state index is 12.0. The molecule has 1 aromatic rings. The summed E-state index contributed by atoms with van der Waals surface area (Å²) in [6.07, 6.45) is 23.7. The van der Waals surface area contributed by atoms with E-state index in [1.807, 2.05) is 0 Å². The van der Waals surface area contributed by atoms with Crippen molar-refractivity contribution >= 4 is 9.84 Å². The Bertz CT molecular complexity index is 1720. The van der Waals surface area contributed by atoms with Crippen molar-refractivity contribution < 1.29 is 13.2 Å². The van der Waals surface area contributed by atoms with Gasteiger partial charge < -0.3 is 15.0 Å². The van der Waals surface area contributed by atoms with Gasteiger partial charge in [0.25, 0.3) is 0 Å². The Hall–Kier alpha value is -2.21. The number of hydrogen-bond donors (Lipinski definition) is 1. The van der Waals surface area contributed by atoms with E-state index in [4.69, 9.17) is 4.74 Å². The zero-order valence-corrected chi connectivity index (χ0v) is 33.3. The van der Waals surface area contributed by atoms with E-state index < -0.39 is 9.84 Å². The summed E-state index contributed by atoms with van der Waals surface area (Å²) in [5, 5.41) is 13.6. The second kappa shape index (κ2) is 13.8. The molecule has 284 valence electrons. The number of nitrogens with one attached hydrogen (secondary N) is 1. The highest BCUT2D eigenvalue weighted by Gasteiger charge is 2.68. The number of allylic oxidation sites excluding steroid dienone is 4. The molecule has 7 nitrogen and oxygen atoms in total. The van der Waals surface area contributed by atoms with Crippen molar-refractivity contribution in [3.8, 4) is 11.9 Å². The van der Waals surface area contributed by atoms with E-state index >= 15 is 0 Å². The number of ether oxygens (including phenoxy) is 1. The van der Waals surface area contributed by atoms with Crippen molar-refractivity contribution in [3.63, 3.8) is 0 Å². The first-order chi connectivity index (χ1) is 24.9. The Balaban J connectivity index is 0.929. The van der Waals surface area contributed by atoms with Crippen LogP contribution in [0.5, 0.6) is 5.88 Å². The van der Waals surface area contributed by atoms with Crippen molar-refractivity contribution in [2.45, 2.75) is 117 Å². The molecule has 2 heterocycles. The minimum atomic E-state index is -2.83. The highest BCUT2D eigenvalue weighted by Crippen LogP contribution is 2.75. The minimum absolute atomic E-state index is 0.282. The van der Waals surface area contributed by atoms with Crippen molar-refractivity contribution in [1.29, 1.82) is 5.26 Å². The fourth-order valence-corrected chi connectivity index (χ4v) is 15.3. The SMILES string of the molecule is CC1C(C2=CC[C@H](COc3ncccc3C#N)CC2)=CC[C@@]2(C)C1CC[C@]1(C)C2CC[C@@H]2[C@H]3CCC[C@]3(NCCN3CCS(=O)(=O)CC3)CC[C@]21C. The second-order valence-electron chi connectivity index (χ2n) is 19.1. The number of aromatic nitrogens is 1. The van der Waals surface area contributed by atoms with E-state index in [-0.39, 0.29) is 5.54 Å². The molecule has 3 unspecified atom stereocenters. The zero-order chi connectivity index (χ0) is 36.4. The van der Waals surface area contributed by atoms with Crippen LogP contribution in [0, 0.1) is 63.1 Å². The van der Waals surface area contributed by atoms with Gasteiger partial charge in [0, 0.05) is 37.9 Å². The van der Waals surface area contributed by atoms with Gasteiger partial charge in [-0.15, -0.1) is 0 Å². The Morgan fingerprint density at radius 3 is 2.58 bits per heavy atom. The smallest absolute Gasteiger partial charge is 0.231 e. The maximum Gasteiger partial charge on any atom is 0.231 e. The van der Waals surface area contributed by atoms with Crippen molar-refractivity contribution in [2.75, 3.05) is 44.3 Å². The van der Waals surface area contributed by atoms with Crippen LogP contribution in [0.1, 0.15) is 117 Å². The Kier molecular flexibility index (Phi) is 9.77. The molecule has 8 heteroatoms. The molecule has 52 heavy (non-hydrogen) atoms. The molecule has 4 saturated carbocycles. The lowest BCUT2D eigenvalue weighted by Gasteiger charge is -2.71. The van der Waals surface area contributed by atoms with Gasteiger partial charge in [-0.25, -0.2) is 13.4 Å². The van der Waals surface area contributed by atoms with Crippen molar-refractivity contribution in [1.82, 2.24) is 15.2 Å². The molecule has 1 N–H and O–H groups in total. The summed E-state index contributed by atoms with van der Waals surface area (Å²) in [5.41, 5.74) is 5.17. The van der Waals surface area contributed by atoms with Crippen LogP contribution < -0.4 is 10.1 Å². The first-order valence-corrected chi connectivity index (χ1v) is 22.8. The van der Waals surface area contributed by atoms with Gasteiger partial charge in [-0.05, 0) is 152 Å². The van der Waals surface area contributed by atoms with E-state index in [2.05, 4.69) is 61.1 Å². The summed E-state index contributed by atoms with van der Waals surface area (Å²) in [5.74, 6) is 5.30. The molecular formula is C44H64N4O3S. The Morgan fingerprint density at radius 1 is 0.981 bits per heavy atom. The number of hydrogen-bond acceptors (Lipinski definition) is 7. The minimum Gasteiger partial charge on any atom is -0.476 e. The van der Waals surface area contributed by atoms with Gasteiger partial charge in [0.1, 0.15) is 11.6 Å². The average molecular weight is 729 g/mol. The topological polar surface area (TPSA) is 95.3 Å². The van der Waals surface area contributed by atoms with Crippen LogP contribution >= 0.6 is 0 Å². The van der Waals surface area contributed by atoms with E-state index in [1.54, 1.807) is 29.5 Å². The largest absolute Gasteiger partial charge is 0.476 e. The molecule has 5 fully saturated rings. The van der Waals surface area contributed by atoms with E-state index in [9.17, 15) is 13.7 Å². The third kappa shape index (κ3) is 6.12.